The Morgan fingerprint density at radius 2 is 1.68 bits per heavy atom. The number of rotatable bonds is 19. The summed E-state index contributed by atoms with van der Waals surface area (Å²) < 4.78 is 6.18. The van der Waals surface area contributed by atoms with Crippen molar-refractivity contribution in [2.24, 2.45) is 41.4 Å². The number of anilines is 1. The number of carbonyl (C=O) groups is 6. The molecule has 2 saturated heterocycles. The van der Waals surface area contributed by atoms with Gasteiger partial charge in [-0.3, -0.25) is 29.0 Å². The number of cyclic esters (lactones) is 1. The van der Waals surface area contributed by atoms with Crippen molar-refractivity contribution in [3.8, 4) is 0 Å². The molecular formula is C59H92N6O12. The van der Waals surface area contributed by atoms with E-state index in [9.17, 15) is 54.3 Å². The van der Waals surface area contributed by atoms with E-state index in [0.29, 0.717) is 69.0 Å². The number of Topliss-reactive ketones (excluding diaryl/α,β-unsaturated/α-hetero) is 1. The van der Waals surface area contributed by atoms with Crippen LogP contribution in [0.15, 0.2) is 72.4 Å². The first kappa shape index (κ1) is 64.3. The molecule has 3 heterocycles. The Kier molecular flexibility index (Phi) is 25.7. The van der Waals surface area contributed by atoms with Crippen LogP contribution in [0.3, 0.4) is 0 Å². The summed E-state index contributed by atoms with van der Waals surface area (Å²) in [6, 6.07) is 3.64. The number of aliphatic hydroxyl groups excluding tert-OH is 4. The molecule has 4 rings (SSSR count). The number of amides is 4. The normalized spacial score (nSPS) is 30.6. The van der Waals surface area contributed by atoms with Crippen molar-refractivity contribution in [3.63, 3.8) is 0 Å². The predicted molar refractivity (Wildman–Crippen MR) is 295 cm³/mol. The lowest BCUT2D eigenvalue weighted by Gasteiger charge is -2.43. The first-order valence-electron chi connectivity index (χ1n) is 28.0. The zero-order valence-corrected chi connectivity index (χ0v) is 47.0. The fourth-order valence-corrected chi connectivity index (χ4v) is 10.4. The van der Waals surface area contributed by atoms with Gasteiger partial charge in [-0.1, -0.05) is 103 Å². The zero-order chi connectivity index (χ0) is 57.1. The van der Waals surface area contributed by atoms with E-state index in [1.165, 1.54) is 18.0 Å². The van der Waals surface area contributed by atoms with E-state index in [1.54, 1.807) is 70.2 Å². The smallest absolute Gasteiger partial charge is 0.325 e. The molecule has 3 aliphatic heterocycles. The van der Waals surface area contributed by atoms with Gasteiger partial charge in [-0.2, -0.15) is 0 Å². The number of piperidine rings is 1. The quantitative estimate of drug-likeness (QED) is 0.0495. The Morgan fingerprint density at radius 1 is 0.948 bits per heavy atom. The van der Waals surface area contributed by atoms with Crippen molar-refractivity contribution in [1.29, 1.82) is 0 Å². The Labute approximate surface area is 456 Å². The summed E-state index contributed by atoms with van der Waals surface area (Å²) in [5.74, 6) is -6.43. The standard InChI is InChI=1S/C59H92N6O12/c1-10-43-30-31-59(76,63-54(43)71)41(9)52(69)38(6)26-29-48(67)36(4)19-13-11-14-20-37(5)50-25-16-12-15-24-49(68)40(8)53(70)45(28-27-39(7)66)55(72)62-51(35(2)3)56(73)61-47(34-42-21-17-22-44(60)33-42)57(74)65-32-18-23-46(64-65)58(75)77-50/h11-12,14-17,20-22,24,33,35-36,38,40-41,43,45-53,64,67-70,76H,10,13,18-19,23,25-32,34,60H2,1-9H3,(H,61,73)(H,62,72)(H,63,71)/b14-11+,16-12+,24-15+,37-20+/t36?,38?,40?,41?,43?,45?,46?,47?,48?,49-,50-,51?,52?,53?,59+/m0/s1. The number of aliphatic hydroxyl groups is 5. The molecule has 12 unspecified atom stereocenters. The SMILES string of the molecule is CCC1CC[C@@](O)(C(C)C(O)C(C)CCC(O)C(C)CC/C=C/C=C(\C)[C@@H]2C/C=C/C=C/[C@H](O)C(C)C(O)C(CCC(C)=O)C(=O)NC(C(C)C)C(=O)NC(Cc3cccc(N)c3)C(=O)N3CCCC(N3)C(=O)O2)NC1=O. The fraction of sp³-hybridized carbons (Fsp3) is 0.661. The highest BCUT2D eigenvalue weighted by Crippen LogP contribution is 2.34. The molecule has 0 spiro atoms. The van der Waals surface area contributed by atoms with E-state index in [4.69, 9.17) is 10.5 Å². The number of nitrogens with one attached hydrogen (secondary N) is 4. The fourth-order valence-electron chi connectivity index (χ4n) is 10.4. The molecule has 2 bridgehead atoms. The van der Waals surface area contributed by atoms with Gasteiger partial charge in [0.1, 0.15) is 35.7 Å². The van der Waals surface area contributed by atoms with Gasteiger partial charge in [-0.25, -0.2) is 5.43 Å². The second kappa shape index (κ2) is 30.8. The molecule has 3 aliphatic rings. The number of nitrogens with two attached hydrogens (primary N) is 1. The number of benzene rings is 1. The highest BCUT2D eigenvalue weighted by molar-refractivity contribution is 5.93. The molecule has 1 aromatic rings. The van der Waals surface area contributed by atoms with E-state index in [2.05, 4.69) is 21.4 Å². The summed E-state index contributed by atoms with van der Waals surface area (Å²) in [4.78, 5) is 81.6. The number of allylic oxidation sites excluding steroid dienone is 5. The van der Waals surface area contributed by atoms with Crippen LogP contribution in [0.4, 0.5) is 5.69 Å². The van der Waals surface area contributed by atoms with Crippen LogP contribution in [0.2, 0.25) is 0 Å². The Bertz CT molecular complexity index is 2250. The van der Waals surface area contributed by atoms with Gasteiger partial charge in [-0.15, -0.1) is 0 Å². The molecule has 430 valence electrons. The van der Waals surface area contributed by atoms with E-state index >= 15 is 0 Å². The topological polar surface area (TPSA) is 290 Å². The molecule has 15 atom stereocenters. The number of hydrogen-bond acceptors (Lipinski definition) is 14. The molecule has 18 heteroatoms. The van der Waals surface area contributed by atoms with E-state index in [0.717, 1.165) is 5.57 Å². The number of hydrogen-bond donors (Lipinski definition) is 10. The number of nitrogens with zero attached hydrogens (tertiary/aromatic N) is 1. The lowest BCUT2D eigenvalue weighted by molar-refractivity contribution is -0.156. The highest BCUT2D eigenvalue weighted by atomic mass is 16.5. The lowest BCUT2D eigenvalue weighted by atomic mass is 9.77. The summed E-state index contributed by atoms with van der Waals surface area (Å²) in [5.41, 5.74) is 9.51. The number of fused-ring (bicyclic) bond motifs is 2. The Hall–Kier alpha value is -5.24. The minimum absolute atomic E-state index is 0.0234. The highest BCUT2D eigenvalue weighted by Gasteiger charge is 2.45. The summed E-state index contributed by atoms with van der Waals surface area (Å²) in [6.07, 6.45) is 12.2. The monoisotopic (exact) mass is 1080 g/mol. The van der Waals surface area contributed by atoms with Gasteiger partial charge in [0.2, 0.25) is 17.7 Å². The average Bonchev–Trinajstić information content (AvgIpc) is 3.39. The first-order chi connectivity index (χ1) is 36.4. The van der Waals surface area contributed by atoms with Crippen molar-refractivity contribution in [1.82, 2.24) is 26.4 Å². The number of esters is 1. The molecule has 0 aromatic heterocycles. The molecule has 18 nitrogen and oxygen atoms in total. The maximum absolute atomic E-state index is 14.5. The predicted octanol–water partition coefficient (Wildman–Crippen LogP) is 5.02. The maximum atomic E-state index is 14.5. The third-order valence-corrected chi connectivity index (χ3v) is 16.1. The van der Waals surface area contributed by atoms with Gasteiger partial charge >= 0.3 is 5.97 Å². The summed E-state index contributed by atoms with van der Waals surface area (Å²) >= 11 is 0. The number of nitrogen functional groups attached to an aromatic ring is 1. The first-order valence-corrected chi connectivity index (χ1v) is 28.0. The minimum atomic E-state index is -1.48. The van der Waals surface area contributed by atoms with Crippen LogP contribution in [-0.2, 0) is 39.9 Å². The lowest BCUT2D eigenvalue weighted by Crippen LogP contribution is -2.62. The van der Waals surface area contributed by atoms with Crippen LogP contribution in [0.1, 0.15) is 145 Å². The molecule has 0 saturated carbocycles. The van der Waals surface area contributed by atoms with Crippen LogP contribution in [0.25, 0.3) is 0 Å². The number of ether oxygens (including phenoxy) is 1. The molecule has 0 radical (unpaired) electrons. The average molecular weight is 1080 g/mol. The Morgan fingerprint density at radius 3 is 2.34 bits per heavy atom. The molecular weight excluding hydrogens is 985 g/mol. The van der Waals surface area contributed by atoms with Crippen molar-refractivity contribution in [3.05, 3.63) is 77.9 Å². The minimum Gasteiger partial charge on any atom is -0.456 e. The van der Waals surface area contributed by atoms with Gasteiger partial charge in [0.15, 0.2) is 0 Å². The third-order valence-electron chi connectivity index (χ3n) is 16.1. The largest absolute Gasteiger partial charge is 0.456 e. The van der Waals surface area contributed by atoms with Crippen molar-refractivity contribution in [2.75, 3.05) is 12.3 Å². The van der Waals surface area contributed by atoms with Crippen LogP contribution in [0, 0.1) is 41.4 Å². The van der Waals surface area contributed by atoms with Crippen LogP contribution in [-0.4, -0.2) is 127 Å². The van der Waals surface area contributed by atoms with Crippen LogP contribution < -0.4 is 27.1 Å². The summed E-state index contributed by atoms with van der Waals surface area (Å²) in [6.45, 7) is 16.0. The molecule has 0 aliphatic carbocycles. The molecule has 11 N–H and O–H groups in total. The van der Waals surface area contributed by atoms with Crippen molar-refractivity contribution < 1.29 is 59.0 Å². The molecule has 4 amide bonds. The maximum Gasteiger partial charge on any atom is 0.325 e. The van der Waals surface area contributed by atoms with Gasteiger partial charge < -0.3 is 56.7 Å². The summed E-state index contributed by atoms with van der Waals surface area (Å²) in [7, 11) is 0. The molecule has 77 heavy (non-hydrogen) atoms. The molecule has 1 aromatic carbocycles. The van der Waals surface area contributed by atoms with E-state index in [-0.39, 0.29) is 61.7 Å². The van der Waals surface area contributed by atoms with Gasteiger partial charge in [0.05, 0.1) is 30.3 Å². The van der Waals surface area contributed by atoms with Gasteiger partial charge in [0, 0.05) is 49.2 Å². The molecule has 2 fully saturated rings. The van der Waals surface area contributed by atoms with E-state index < -0.39 is 102 Å². The third kappa shape index (κ3) is 19.3. The van der Waals surface area contributed by atoms with Gasteiger partial charge in [0.25, 0.3) is 5.91 Å². The number of carbonyl (C=O) groups excluding carboxylic acids is 6. The number of ketones is 1. The summed E-state index contributed by atoms with van der Waals surface area (Å²) in [5, 5.41) is 66.0. The van der Waals surface area contributed by atoms with E-state index in [1.807, 2.05) is 45.9 Å². The second-order valence-electron chi connectivity index (χ2n) is 22.6. The second-order valence-corrected chi connectivity index (χ2v) is 22.6. The Balaban J connectivity index is 1.52. The van der Waals surface area contributed by atoms with Crippen LogP contribution >= 0.6 is 0 Å². The van der Waals surface area contributed by atoms with Crippen molar-refractivity contribution >= 4 is 41.1 Å². The van der Waals surface area contributed by atoms with Crippen LogP contribution in [0.5, 0.6) is 0 Å². The number of hydrazine groups is 1. The zero-order valence-electron chi connectivity index (χ0n) is 47.0. The van der Waals surface area contributed by atoms with Gasteiger partial charge in [-0.05, 0) is 119 Å². The van der Waals surface area contributed by atoms with Crippen molar-refractivity contribution in [2.45, 2.75) is 200 Å².